The predicted molar refractivity (Wildman–Crippen MR) is 96.0 cm³/mol. The fourth-order valence-electron chi connectivity index (χ4n) is 2.61. The van der Waals surface area contributed by atoms with Crippen molar-refractivity contribution in [3.05, 3.63) is 54.1 Å². The minimum atomic E-state index is -0.185. The minimum Gasteiger partial charge on any atom is -0.486 e. The van der Waals surface area contributed by atoms with Gasteiger partial charge in [-0.2, -0.15) is 0 Å². The van der Waals surface area contributed by atoms with E-state index in [-0.39, 0.29) is 24.4 Å². The third kappa shape index (κ3) is 3.92. The molecule has 3 rings (SSSR count). The van der Waals surface area contributed by atoms with Crippen LogP contribution in [0.2, 0.25) is 0 Å². The highest BCUT2D eigenvalue weighted by molar-refractivity contribution is 5.95. The van der Waals surface area contributed by atoms with Crippen LogP contribution >= 0.6 is 12.4 Å². The molecular weight excluding hydrogens is 328 g/mol. The standard InChI is InChI=1S/C18H20N2O3.ClH/c1-2-20(18(21)13-6-5-7-14(19)10-13)11-15-12-22-16-8-3-4-9-17(16)23-15;/h3-10,15H,2,11-12,19H2,1H3;1H. The van der Waals surface area contributed by atoms with Gasteiger partial charge in [0, 0.05) is 17.8 Å². The van der Waals surface area contributed by atoms with E-state index in [1.165, 1.54) is 0 Å². The number of ether oxygens (including phenoxy) is 2. The van der Waals surface area contributed by atoms with E-state index in [4.69, 9.17) is 15.2 Å². The van der Waals surface area contributed by atoms with E-state index >= 15 is 0 Å². The molecule has 0 saturated carbocycles. The molecular formula is C18H21ClN2O3. The number of benzene rings is 2. The first-order valence-electron chi connectivity index (χ1n) is 7.70. The summed E-state index contributed by atoms with van der Waals surface area (Å²) in [5, 5.41) is 0. The summed E-state index contributed by atoms with van der Waals surface area (Å²) in [6.45, 7) is 3.44. The molecule has 1 heterocycles. The lowest BCUT2D eigenvalue weighted by Gasteiger charge is -2.31. The van der Waals surface area contributed by atoms with E-state index < -0.39 is 0 Å². The second kappa shape index (κ2) is 7.93. The number of para-hydroxylation sites is 2. The molecule has 0 fully saturated rings. The number of likely N-dealkylation sites (N-methyl/N-ethyl adjacent to an activating group) is 1. The van der Waals surface area contributed by atoms with E-state index in [1.54, 1.807) is 29.2 Å². The lowest BCUT2D eigenvalue weighted by atomic mass is 10.1. The van der Waals surface area contributed by atoms with E-state index in [2.05, 4.69) is 0 Å². The number of nitrogens with zero attached hydrogens (tertiary/aromatic N) is 1. The van der Waals surface area contributed by atoms with Gasteiger partial charge in [0.25, 0.3) is 5.91 Å². The van der Waals surface area contributed by atoms with Crippen molar-refractivity contribution in [3.8, 4) is 11.5 Å². The molecule has 24 heavy (non-hydrogen) atoms. The molecule has 2 N–H and O–H groups in total. The number of anilines is 1. The number of nitrogen functional groups attached to an aromatic ring is 1. The van der Waals surface area contributed by atoms with Gasteiger partial charge in [0.15, 0.2) is 17.6 Å². The maximum atomic E-state index is 12.6. The molecule has 2 aromatic carbocycles. The van der Waals surface area contributed by atoms with Gasteiger partial charge in [0.1, 0.15) is 6.61 Å². The molecule has 2 aromatic rings. The van der Waals surface area contributed by atoms with Crippen molar-refractivity contribution in [1.82, 2.24) is 4.90 Å². The number of rotatable bonds is 4. The average Bonchev–Trinajstić information content (AvgIpc) is 2.59. The highest BCUT2D eigenvalue weighted by Gasteiger charge is 2.25. The first-order valence-corrected chi connectivity index (χ1v) is 7.70. The van der Waals surface area contributed by atoms with Crippen LogP contribution in [0.25, 0.3) is 0 Å². The number of hydrogen-bond acceptors (Lipinski definition) is 4. The van der Waals surface area contributed by atoms with Gasteiger partial charge in [0.2, 0.25) is 0 Å². The summed E-state index contributed by atoms with van der Waals surface area (Å²) in [6.07, 6.45) is -0.185. The third-order valence-corrected chi connectivity index (χ3v) is 3.79. The van der Waals surface area contributed by atoms with Crippen LogP contribution in [0.3, 0.4) is 0 Å². The smallest absolute Gasteiger partial charge is 0.254 e. The SMILES string of the molecule is CCN(CC1COc2ccccc2O1)C(=O)c1cccc(N)c1.Cl. The number of hydrogen-bond donors (Lipinski definition) is 1. The summed E-state index contributed by atoms with van der Waals surface area (Å²) in [5.41, 5.74) is 6.93. The number of halogens is 1. The van der Waals surface area contributed by atoms with Gasteiger partial charge in [0.05, 0.1) is 6.54 Å². The maximum Gasteiger partial charge on any atom is 0.254 e. The lowest BCUT2D eigenvalue weighted by molar-refractivity contribution is 0.0475. The van der Waals surface area contributed by atoms with E-state index in [1.807, 2.05) is 31.2 Å². The van der Waals surface area contributed by atoms with Crippen molar-refractivity contribution in [1.29, 1.82) is 0 Å². The van der Waals surface area contributed by atoms with Crippen LogP contribution in [-0.2, 0) is 0 Å². The van der Waals surface area contributed by atoms with Crippen LogP contribution in [-0.4, -0.2) is 36.6 Å². The number of nitrogens with two attached hydrogens (primary N) is 1. The van der Waals surface area contributed by atoms with Crippen LogP contribution in [0.15, 0.2) is 48.5 Å². The molecule has 0 bridgehead atoms. The van der Waals surface area contributed by atoms with Gasteiger partial charge in [-0.3, -0.25) is 4.79 Å². The van der Waals surface area contributed by atoms with Crippen LogP contribution in [0.4, 0.5) is 5.69 Å². The second-order valence-electron chi connectivity index (χ2n) is 5.47. The van der Waals surface area contributed by atoms with Crippen LogP contribution < -0.4 is 15.2 Å². The molecule has 0 aliphatic carbocycles. The predicted octanol–water partition coefficient (Wildman–Crippen LogP) is 2.99. The Morgan fingerprint density at radius 3 is 2.67 bits per heavy atom. The van der Waals surface area contributed by atoms with Gasteiger partial charge in [-0.25, -0.2) is 0 Å². The summed E-state index contributed by atoms with van der Waals surface area (Å²) >= 11 is 0. The maximum absolute atomic E-state index is 12.6. The number of amides is 1. The highest BCUT2D eigenvalue weighted by Crippen LogP contribution is 2.31. The van der Waals surface area contributed by atoms with Crippen LogP contribution in [0.1, 0.15) is 17.3 Å². The monoisotopic (exact) mass is 348 g/mol. The topological polar surface area (TPSA) is 64.8 Å². The summed E-state index contributed by atoms with van der Waals surface area (Å²) < 4.78 is 11.6. The third-order valence-electron chi connectivity index (χ3n) is 3.79. The van der Waals surface area contributed by atoms with Crippen molar-refractivity contribution in [2.75, 3.05) is 25.4 Å². The van der Waals surface area contributed by atoms with Crippen molar-refractivity contribution >= 4 is 24.0 Å². The Balaban J connectivity index is 0.00000208. The Kier molecular flexibility index (Phi) is 5.93. The summed E-state index contributed by atoms with van der Waals surface area (Å²) in [4.78, 5) is 14.4. The molecule has 0 radical (unpaired) electrons. The van der Waals surface area contributed by atoms with E-state index in [0.717, 1.165) is 11.5 Å². The summed E-state index contributed by atoms with van der Waals surface area (Å²) in [5.74, 6) is 1.41. The first kappa shape index (κ1) is 17.9. The Morgan fingerprint density at radius 2 is 1.96 bits per heavy atom. The van der Waals surface area contributed by atoms with Crippen LogP contribution in [0.5, 0.6) is 11.5 Å². The normalized spacial score (nSPS) is 15.3. The quantitative estimate of drug-likeness (QED) is 0.863. The molecule has 6 heteroatoms. The van der Waals surface area contributed by atoms with Crippen molar-refractivity contribution < 1.29 is 14.3 Å². The van der Waals surface area contributed by atoms with E-state index in [0.29, 0.717) is 30.9 Å². The van der Waals surface area contributed by atoms with Gasteiger partial charge in [-0.15, -0.1) is 12.4 Å². The number of carbonyl (C=O) groups excluding carboxylic acids is 1. The zero-order chi connectivity index (χ0) is 16.2. The molecule has 1 atom stereocenters. The average molecular weight is 349 g/mol. The molecule has 1 amide bonds. The molecule has 0 aromatic heterocycles. The molecule has 0 spiro atoms. The Morgan fingerprint density at radius 1 is 1.21 bits per heavy atom. The first-order chi connectivity index (χ1) is 11.2. The fraction of sp³-hybridized carbons (Fsp3) is 0.278. The van der Waals surface area contributed by atoms with Gasteiger partial charge < -0.3 is 20.1 Å². The van der Waals surface area contributed by atoms with Gasteiger partial charge in [-0.1, -0.05) is 18.2 Å². The zero-order valence-corrected chi connectivity index (χ0v) is 14.3. The molecule has 1 aliphatic heterocycles. The number of fused-ring (bicyclic) bond motifs is 1. The zero-order valence-electron chi connectivity index (χ0n) is 13.5. The molecule has 1 aliphatic rings. The van der Waals surface area contributed by atoms with Crippen LogP contribution in [0, 0.1) is 0 Å². The van der Waals surface area contributed by atoms with Gasteiger partial charge >= 0.3 is 0 Å². The largest absolute Gasteiger partial charge is 0.486 e. The number of carbonyl (C=O) groups is 1. The Hall–Kier alpha value is -2.40. The highest BCUT2D eigenvalue weighted by atomic mass is 35.5. The molecule has 5 nitrogen and oxygen atoms in total. The fourth-order valence-corrected chi connectivity index (χ4v) is 2.61. The lowest BCUT2D eigenvalue weighted by Crippen LogP contribution is -2.43. The van der Waals surface area contributed by atoms with E-state index in [9.17, 15) is 4.79 Å². The van der Waals surface area contributed by atoms with Crippen molar-refractivity contribution in [2.24, 2.45) is 0 Å². The summed E-state index contributed by atoms with van der Waals surface area (Å²) in [7, 11) is 0. The second-order valence-corrected chi connectivity index (χ2v) is 5.47. The summed E-state index contributed by atoms with van der Waals surface area (Å²) in [6, 6.07) is 14.6. The molecule has 128 valence electrons. The van der Waals surface area contributed by atoms with Crippen molar-refractivity contribution in [3.63, 3.8) is 0 Å². The molecule has 0 saturated heterocycles. The Bertz CT molecular complexity index is 708. The van der Waals surface area contributed by atoms with Crippen molar-refractivity contribution in [2.45, 2.75) is 13.0 Å². The minimum absolute atomic E-state index is 0. The van der Waals surface area contributed by atoms with Gasteiger partial charge in [-0.05, 0) is 37.3 Å². The molecule has 1 unspecified atom stereocenters. The Labute approximate surface area is 147 Å².